The molecule has 16 nitrogen and oxygen atoms in total. The van der Waals surface area contributed by atoms with Gasteiger partial charge >= 0.3 is 6.03 Å². The average molecular weight is 837 g/mol. The molecule has 5 aliphatic rings. The number of aromatic nitrogens is 4. The lowest BCUT2D eigenvalue weighted by atomic mass is 9.86. The number of anilines is 1. The highest BCUT2D eigenvalue weighted by molar-refractivity contribution is 6.23. The predicted molar refractivity (Wildman–Crippen MR) is 228 cm³/mol. The molecule has 0 saturated carbocycles. The Morgan fingerprint density at radius 3 is 2.06 bits per heavy atom. The van der Waals surface area contributed by atoms with Crippen LogP contribution in [-0.4, -0.2) is 120 Å². The Hall–Kier alpha value is -6.68. The SMILES string of the molecule is Nc1ncnc2c1c(-c1ccc(Oc3ccccc3)cc1)nn2C1CCN(C(=O)N2CCC(N3CCC(c4ccc5c(c4)C(=O)N(C4CCC(=O)NC4=O)C5=O)CC3)CC2)CC1. The highest BCUT2D eigenvalue weighted by Crippen LogP contribution is 2.37. The molecule has 7 heterocycles. The number of hydrogen-bond acceptors (Lipinski definition) is 11. The van der Waals surface area contributed by atoms with Crippen LogP contribution in [0.5, 0.6) is 11.5 Å². The minimum Gasteiger partial charge on any atom is -0.457 e. The Bertz CT molecular complexity index is 2560. The summed E-state index contributed by atoms with van der Waals surface area (Å²) < 4.78 is 7.96. The topological polar surface area (TPSA) is 189 Å². The van der Waals surface area contributed by atoms with Gasteiger partial charge in [0.15, 0.2) is 5.65 Å². The molecule has 4 saturated heterocycles. The minimum absolute atomic E-state index is 0.0475. The third kappa shape index (κ3) is 7.31. The number of nitrogens with two attached hydrogens (primary N) is 1. The van der Waals surface area contributed by atoms with E-state index in [4.69, 9.17) is 15.6 Å². The van der Waals surface area contributed by atoms with Crippen LogP contribution in [0.15, 0.2) is 79.1 Å². The Morgan fingerprint density at radius 1 is 0.710 bits per heavy atom. The van der Waals surface area contributed by atoms with Gasteiger partial charge in [-0.25, -0.2) is 19.4 Å². The number of para-hydroxylation sites is 1. The molecule has 4 fully saturated rings. The molecule has 6 amide bonds. The molecule has 1 unspecified atom stereocenters. The zero-order chi connectivity index (χ0) is 42.5. The van der Waals surface area contributed by atoms with E-state index in [2.05, 4.69) is 20.2 Å². The second-order valence-corrected chi connectivity index (χ2v) is 17.0. The third-order valence-corrected chi connectivity index (χ3v) is 13.4. The van der Waals surface area contributed by atoms with E-state index in [9.17, 15) is 24.0 Å². The van der Waals surface area contributed by atoms with E-state index in [-0.39, 0.29) is 30.8 Å². The normalized spacial score (nSPS) is 20.8. The number of nitrogen functional groups attached to an aromatic ring is 1. The van der Waals surface area contributed by atoms with Gasteiger partial charge in [0, 0.05) is 44.2 Å². The van der Waals surface area contributed by atoms with E-state index in [0.717, 1.165) is 73.4 Å². The van der Waals surface area contributed by atoms with Gasteiger partial charge in [-0.3, -0.25) is 29.4 Å². The first-order valence-electron chi connectivity index (χ1n) is 21.7. The number of nitrogens with one attached hydrogen (secondary N) is 1. The van der Waals surface area contributed by atoms with Crippen molar-refractivity contribution in [1.29, 1.82) is 0 Å². The summed E-state index contributed by atoms with van der Waals surface area (Å²) in [4.78, 5) is 81.0. The molecular weight excluding hydrogens is 789 g/mol. The summed E-state index contributed by atoms with van der Waals surface area (Å²) in [6.07, 6.45) is 6.87. The van der Waals surface area contributed by atoms with Crippen molar-refractivity contribution in [2.75, 3.05) is 45.0 Å². The van der Waals surface area contributed by atoms with Crippen molar-refractivity contribution < 1.29 is 28.7 Å². The van der Waals surface area contributed by atoms with Gasteiger partial charge in [0.05, 0.1) is 22.6 Å². The molecule has 5 aliphatic heterocycles. The Labute approximate surface area is 358 Å². The number of urea groups is 1. The lowest BCUT2D eigenvalue weighted by molar-refractivity contribution is -0.136. The fraction of sp³-hybridized carbons (Fsp3) is 0.391. The van der Waals surface area contributed by atoms with E-state index in [1.165, 1.54) is 6.33 Å². The lowest BCUT2D eigenvalue weighted by Crippen LogP contribution is -2.54. The highest BCUT2D eigenvalue weighted by atomic mass is 16.5. The molecule has 16 heteroatoms. The molecule has 318 valence electrons. The summed E-state index contributed by atoms with van der Waals surface area (Å²) in [6.45, 7) is 4.50. The quantitative estimate of drug-likeness (QED) is 0.201. The number of nitrogens with zero attached hydrogens (tertiary/aromatic N) is 8. The predicted octanol–water partition coefficient (Wildman–Crippen LogP) is 5.37. The van der Waals surface area contributed by atoms with E-state index >= 15 is 0 Å². The first-order chi connectivity index (χ1) is 30.2. The fourth-order valence-electron chi connectivity index (χ4n) is 10.0. The molecule has 1 atom stereocenters. The summed E-state index contributed by atoms with van der Waals surface area (Å²) >= 11 is 0. The molecule has 5 aromatic rings. The van der Waals surface area contributed by atoms with Crippen molar-refractivity contribution in [2.45, 2.75) is 75.4 Å². The maximum Gasteiger partial charge on any atom is 0.320 e. The molecular formula is C46H48N10O6. The van der Waals surface area contributed by atoms with E-state index < -0.39 is 29.7 Å². The monoisotopic (exact) mass is 836 g/mol. The van der Waals surface area contributed by atoms with Crippen LogP contribution < -0.4 is 15.8 Å². The van der Waals surface area contributed by atoms with Gasteiger partial charge in [0.2, 0.25) is 11.8 Å². The van der Waals surface area contributed by atoms with Crippen LogP contribution in [0.2, 0.25) is 0 Å². The lowest BCUT2D eigenvalue weighted by Gasteiger charge is -2.43. The largest absolute Gasteiger partial charge is 0.457 e. The number of fused-ring (bicyclic) bond motifs is 2. The smallest absolute Gasteiger partial charge is 0.320 e. The first-order valence-corrected chi connectivity index (χ1v) is 21.7. The summed E-state index contributed by atoms with van der Waals surface area (Å²) in [6, 6.07) is 22.4. The Morgan fingerprint density at radius 2 is 1.37 bits per heavy atom. The summed E-state index contributed by atoms with van der Waals surface area (Å²) in [7, 11) is 0. The van der Waals surface area contributed by atoms with Crippen LogP contribution in [0.25, 0.3) is 22.3 Å². The molecule has 10 rings (SSSR count). The van der Waals surface area contributed by atoms with Crippen molar-refractivity contribution in [1.82, 2.24) is 44.7 Å². The van der Waals surface area contributed by atoms with Crippen molar-refractivity contribution in [3.8, 4) is 22.8 Å². The van der Waals surface area contributed by atoms with Crippen LogP contribution in [0.4, 0.5) is 10.6 Å². The number of amides is 6. The van der Waals surface area contributed by atoms with Gasteiger partial charge in [-0.05, 0) is 118 Å². The summed E-state index contributed by atoms with van der Waals surface area (Å²) in [5.74, 6) is 0.139. The number of piperidine rings is 4. The van der Waals surface area contributed by atoms with Crippen molar-refractivity contribution >= 4 is 46.5 Å². The second-order valence-electron chi connectivity index (χ2n) is 17.0. The Balaban J connectivity index is 0.716. The average Bonchev–Trinajstić information content (AvgIpc) is 3.82. The number of ether oxygens (including phenoxy) is 1. The number of rotatable bonds is 7. The van der Waals surface area contributed by atoms with Gasteiger partial charge in [-0.2, -0.15) is 5.10 Å². The fourth-order valence-corrected chi connectivity index (χ4v) is 10.0. The van der Waals surface area contributed by atoms with Crippen LogP contribution in [0, 0.1) is 0 Å². The summed E-state index contributed by atoms with van der Waals surface area (Å²) in [5, 5.41) is 8.03. The number of likely N-dealkylation sites (tertiary alicyclic amines) is 3. The summed E-state index contributed by atoms with van der Waals surface area (Å²) in [5.41, 5.74) is 10.4. The number of carbonyl (C=O) groups is 5. The molecule has 0 aliphatic carbocycles. The number of carbonyl (C=O) groups excluding carboxylic acids is 5. The number of imide groups is 2. The maximum atomic E-state index is 13.8. The highest BCUT2D eigenvalue weighted by Gasteiger charge is 2.45. The molecule has 62 heavy (non-hydrogen) atoms. The number of benzene rings is 3. The molecule has 2 aromatic heterocycles. The van der Waals surface area contributed by atoms with E-state index in [1.54, 1.807) is 6.07 Å². The van der Waals surface area contributed by atoms with Crippen molar-refractivity contribution in [2.24, 2.45) is 0 Å². The van der Waals surface area contributed by atoms with Crippen molar-refractivity contribution in [3.63, 3.8) is 0 Å². The van der Waals surface area contributed by atoms with Crippen LogP contribution in [0.3, 0.4) is 0 Å². The van der Waals surface area contributed by atoms with Crippen LogP contribution in [0.1, 0.15) is 89.6 Å². The molecule has 3 aromatic carbocycles. The Kier molecular flexibility index (Phi) is 10.4. The third-order valence-electron chi connectivity index (χ3n) is 13.4. The molecule has 3 N–H and O–H groups in total. The van der Waals surface area contributed by atoms with E-state index in [0.29, 0.717) is 71.6 Å². The first kappa shape index (κ1) is 39.5. The van der Waals surface area contributed by atoms with Gasteiger partial charge < -0.3 is 25.2 Å². The van der Waals surface area contributed by atoms with Crippen molar-refractivity contribution in [3.05, 3.63) is 95.8 Å². The minimum atomic E-state index is -0.974. The van der Waals surface area contributed by atoms with Gasteiger partial charge in [0.1, 0.15) is 35.4 Å². The zero-order valence-corrected chi connectivity index (χ0v) is 34.3. The molecule has 0 bridgehead atoms. The second kappa shape index (κ2) is 16.3. The van der Waals surface area contributed by atoms with Gasteiger partial charge in [-0.1, -0.05) is 24.3 Å². The number of hydrogen-bond donors (Lipinski definition) is 2. The standard InChI is InChI=1S/C46H48N10O6/c47-41-39-40(29-6-9-34(10-7-29)62-33-4-2-1-3-5-33)51-56(42(39)49-27-48-41)32-18-24-54(25-19-32)46(61)53-22-16-31(17-23-53)52-20-14-28(15-21-52)30-8-11-35-36(26-30)45(60)55(44(35)59)37-12-13-38(57)50-43(37)58/h1-11,26-28,31-32,37H,12-25H2,(H2,47,48,49)(H,50,57,58). The molecule has 0 radical (unpaired) electrons. The van der Waals surface area contributed by atoms with Crippen LogP contribution >= 0.6 is 0 Å². The van der Waals surface area contributed by atoms with Crippen LogP contribution in [-0.2, 0) is 9.59 Å². The van der Waals surface area contributed by atoms with Gasteiger partial charge in [-0.15, -0.1) is 0 Å². The molecule has 0 spiro atoms. The maximum absolute atomic E-state index is 13.8. The van der Waals surface area contributed by atoms with Gasteiger partial charge in [0.25, 0.3) is 11.8 Å². The van der Waals surface area contributed by atoms with E-state index in [1.807, 2.05) is 81.2 Å². The zero-order valence-electron chi connectivity index (χ0n) is 34.3.